The molecule has 0 aromatic heterocycles. The highest BCUT2D eigenvalue weighted by atomic mass is 79.9. The van der Waals surface area contributed by atoms with Crippen molar-refractivity contribution in [2.24, 2.45) is 0 Å². The molecule has 3 aromatic carbocycles. The average Bonchev–Trinajstić information content (AvgIpc) is 2.89. The molecule has 0 fully saturated rings. The van der Waals surface area contributed by atoms with Gasteiger partial charge >= 0.3 is 0 Å². The Bertz CT molecular complexity index is 1180. The van der Waals surface area contributed by atoms with Gasteiger partial charge in [0.15, 0.2) is 0 Å². The molecule has 0 spiro atoms. The van der Waals surface area contributed by atoms with Crippen molar-refractivity contribution in [2.75, 3.05) is 5.75 Å². The third-order valence-electron chi connectivity index (χ3n) is 6.02. The van der Waals surface area contributed by atoms with Crippen LogP contribution in [0.3, 0.4) is 0 Å². The number of hydrogen-bond acceptors (Lipinski definition) is 3. The molecular weight excluding hydrogens is 591 g/mol. The first-order valence-corrected chi connectivity index (χ1v) is 14.9. The van der Waals surface area contributed by atoms with E-state index in [1.54, 1.807) is 17.0 Å². The molecule has 0 saturated heterocycles. The predicted molar refractivity (Wildman–Crippen MR) is 159 cm³/mol. The number of hydrogen-bond donors (Lipinski definition) is 1. The predicted octanol–water partition coefficient (Wildman–Crippen LogP) is 7.54. The largest absolute Gasteiger partial charge is 0.352 e. The Morgan fingerprint density at radius 3 is 2.27 bits per heavy atom. The molecule has 4 nitrogen and oxygen atoms in total. The van der Waals surface area contributed by atoms with Crippen molar-refractivity contribution in [2.45, 2.75) is 51.1 Å². The quantitative estimate of drug-likeness (QED) is 0.227. The lowest BCUT2D eigenvalue weighted by Crippen LogP contribution is -2.52. The summed E-state index contributed by atoms with van der Waals surface area (Å²) < 4.78 is 1.02. The van der Waals surface area contributed by atoms with Crippen LogP contribution in [0.4, 0.5) is 0 Å². The molecule has 0 aliphatic carbocycles. The van der Waals surface area contributed by atoms with E-state index in [9.17, 15) is 9.59 Å². The zero-order valence-corrected chi connectivity index (χ0v) is 24.8. The number of rotatable bonds is 12. The first-order valence-electron chi connectivity index (χ1n) is 12.2. The Morgan fingerprint density at radius 1 is 0.946 bits per heavy atom. The second-order valence-electron chi connectivity index (χ2n) is 8.91. The summed E-state index contributed by atoms with van der Waals surface area (Å²) >= 11 is 17.4. The van der Waals surface area contributed by atoms with Crippen molar-refractivity contribution in [1.29, 1.82) is 0 Å². The Morgan fingerprint density at radius 2 is 1.62 bits per heavy atom. The summed E-state index contributed by atoms with van der Waals surface area (Å²) in [5.74, 6) is 0.680. The van der Waals surface area contributed by atoms with E-state index in [1.165, 1.54) is 11.8 Å². The monoisotopic (exact) mass is 620 g/mol. The minimum absolute atomic E-state index is 0.000480. The molecule has 8 heteroatoms. The number of nitrogens with one attached hydrogen (secondary N) is 1. The van der Waals surface area contributed by atoms with Crippen molar-refractivity contribution in [3.05, 3.63) is 104 Å². The van der Waals surface area contributed by atoms with E-state index in [2.05, 4.69) is 21.2 Å². The summed E-state index contributed by atoms with van der Waals surface area (Å²) in [5, 5.41) is 3.95. The topological polar surface area (TPSA) is 49.4 Å². The molecule has 0 aliphatic heterocycles. The van der Waals surface area contributed by atoms with Crippen LogP contribution in [0.2, 0.25) is 10.0 Å². The standard InChI is InChI=1S/C29H31BrCl2N2O2S/c1-3-20(2)33-29(36)27(16-21-7-5-4-6-8-21)34(17-23-11-14-25(31)26(32)15-23)28(35)19-37-18-22-9-12-24(30)13-10-22/h4-15,20,27H,3,16-19H2,1-2H3,(H,33,36)/t20-,27-/m0/s1. The Balaban J connectivity index is 1.87. The molecule has 1 N–H and O–H groups in total. The molecule has 0 unspecified atom stereocenters. The summed E-state index contributed by atoms with van der Waals surface area (Å²) in [6.45, 7) is 4.24. The fourth-order valence-electron chi connectivity index (χ4n) is 3.75. The zero-order valence-electron chi connectivity index (χ0n) is 20.9. The number of amides is 2. The summed E-state index contributed by atoms with van der Waals surface area (Å²) in [7, 11) is 0. The van der Waals surface area contributed by atoms with Crippen molar-refractivity contribution < 1.29 is 9.59 Å². The van der Waals surface area contributed by atoms with Gasteiger partial charge in [0.1, 0.15) is 6.04 Å². The lowest BCUT2D eigenvalue weighted by Gasteiger charge is -2.32. The fourth-order valence-corrected chi connectivity index (χ4v) is 5.21. The minimum atomic E-state index is -0.674. The number of carbonyl (C=O) groups is 2. The molecule has 3 aromatic rings. The number of thioether (sulfide) groups is 1. The van der Waals surface area contributed by atoms with E-state index in [4.69, 9.17) is 23.2 Å². The van der Waals surface area contributed by atoms with Gasteiger partial charge in [-0.3, -0.25) is 9.59 Å². The van der Waals surface area contributed by atoms with Gasteiger partial charge in [0.05, 0.1) is 15.8 Å². The molecular formula is C29H31BrCl2N2O2S. The van der Waals surface area contributed by atoms with Crippen LogP contribution in [0.25, 0.3) is 0 Å². The molecule has 0 radical (unpaired) electrons. The third-order valence-corrected chi connectivity index (χ3v) is 8.27. The summed E-state index contributed by atoms with van der Waals surface area (Å²) in [6, 6.07) is 22.5. The molecule has 2 atom stereocenters. The Hall–Kier alpha value is -1.99. The SMILES string of the molecule is CC[C@H](C)NC(=O)[C@H](Cc1ccccc1)N(Cc1ccc(Cl)c(Cl)c1)C(=O)CSCc1ccc(Br)cc1. The molecule has 37 heavy (non-hydrogen) atoms. The Kier molecular flexibility index (Phi) is 11.8. The maximum Gasteiger partial charge on any atom is 0.243 e. The van der Waals surface area contributed by atoms with Crippen LogP contribution in [-0.2, 0) is 28.3 Å². The van der Waals surface area contributed by atoms with E-state index in [0.717, 1.165) is 27.6 Å². The highest BCUT2D eigenvalue weighted by Crippen LogP contribution is 2.25. The summed E-state index contributed by atoms with van der Waals surface area (Å²) in [4.78, 5) is 28.9. The van der Waals surface area contributed by atoms with Crippen LogP contribution in [0.1, 0.15) is 37.0 Å². The van der Waals surface area contributed by atoms with E-state index in [0.29, 0.717) is 22.2 Å². The molecule has 0 bridgehead atoms. The van der Waals surface area contributed by atoms with Gasteiger partial charge in [-0.2, -0.15) is 0 Å². The lowest BCUT2D eigenvalue weighted by atomic mass is 10.0. The van der Waals surface area contributed by atoms with Crippen molar-refractivity contribution in [3.63, 3.8) is 0 Å². The van der Waals surface area contributed by atoms with Gasteiger partial charge < -0.3 is 10.2 Å². The molecule has 0 heterocycles. The molecule has 0 saturated carbocycles. The zero-order chi connectivity index (χ0) is 26.8. The van der Waals surface area contributed by atoms with Crippen LogP contribution in [0.5, 0.6) is 0 Å². The smallest absolute Gasteiger partial charge is 0.243 e. The molecule has 2 amide bonds. The van der Waals surface area contributed by atoms with Gasteiger partial charge in [-0.1, -0.05) is 94.6 Å². The first-order chi connectivity index (χ1) is 17.8. The van der Waals surface area contributed by atoms with Crippen LogP contribution in [0, 0.1) is 0 Å². The van der Waals surface area contributed by atoms with Gasteiger partial charge in [0.2, 0.25) is 11.8 Å². The average molecular weight is 622 g/mol. The fraction of sp³-hybridized carbons (Fsp3) is 0.310. The second kappa shape index (κ2) is 14.8. The van der Waals surface area contributed by atoms with Crippen LogP contribution in [-0.4, -0.2) is 34.6 Å². The normalized spacial score (nSPS) is 12.6. The van der Waals surface area contributed by atoms with Crippen LogP contribution in [0.15, 0.2) is 77.3 Å². The highest BCUT2D eigenvalue weighted by molar-refractivity contribution is 9.10. The van der Waals surface area contributed by atoms with E-state index < -0.39 is 6.04 Å². The maximum absolute atomic E-state index is 13.7. The van der Waals surface area contributed by atoms with Gasteiger partial charge in [-0.25, -0.2) is 0 Å². The summed E-state index contributed by atoms with van der Waals surface area (Å²) in [5.41, 5.74) is 2.93. The molecule has 3 rings (SSSR count). The van der Waals surface area contributed by atoms with E-state index >= 15 is 0 Å². The van der Waals surface area contributed by atoms with Crippen molar-refractivity contribution in [3.8, 4) is 0 Å². The van der Waals surface area contributed by atoms with Gasteiger partial charge in [-0.05, 0) is 54.3 Å². The van der Waals surface area contributed by atoms with Gasteiger partial charge in [-0.15, -0.1) is 11.8 Å². The van der Waals surface area contributed by atoms with Crippen molar-refractivity contribution in [1.82, 2.24) is 10.2 Å². The number of benzene rings is 3. The van der Waals surface area contributed by atoms with E-state index in [1.807, 2.05) is 74.5 Å². The lowest BCUT2D eigenvalue weighted by molar-refractivity contribution is -0.139. The van der Waals surface area contributed by atoms with E-state index in [-0.39, 0.29) is 30.2 Å². The van der Waals surface area contributed by atoms with Gasteiger partial charge in [0.25, 0.3) is 0 Å². The Labute approximate surface area is 242 Å². The maximum atomic E-state index is 13.7. The van der Waals surface area contributed by atoms with Crippen LogP contribution < -0.4 is 5.32 Å². The van der Waals surface area contributed by atoms with Crippen LogP contribution >= 0.6 is 50.9 Å². The minimum Gasteiger partial charge on any atom is -0.352 e. The van der Waals surface area contributed by atoms with Gasteiger partial charge in [0, 0.05) is 29.2 Å². The number of nitrogens with zero attached hydrogens (tertiary/aromatic N) is 1. The molecule has 0 aliphatic rings. The number of carbonyl (C=O) groups excluding carboxylic acids is 2. The summed E-state index contributed by atoms with van der Waals surface area (Å²) in [6.07, 6.45) is 1.21. The highest BCUT2D eigenvalue weighted by Gasteiger charge is 2.31. The third kappa shape index (κ3) is 9.36. The van der Waals surface area contributed by atoms with Crippen molar-refractivity contribution >= 4 is 62.7 Å². The first kappa shape index (κ1) is 29.6. The second-order valence-corrected chi connectivity index (χ2v) is 11.6. The number of halogens is 3. The molecule has 196 valence electrons.